The number of nitriles is 1. The van der Waals surface area contributed by atoms with E-state index in [-0.39, 0.29) is 11.3 Å². The first-order valence-corrected chi connectivity index (χ1v) is 10.4. The summed E-state index contributed by atoms with van der Waals surface area (Å²) >= 11 is 1.60. The molecule has 28 heavy (non-hydrogen) atoms. The van der Waals surface area contributed by atoms with Crippen molar-refractivity contribution in [2.24, 2.45) is 5.41 Å². The average molecular weight is 398 g/mol. The van der Waals surface area contributed by atoms with Gasteiger partial charge in [-0.3, -0.25) is 14.6 Å². The number of aromatic nitrogens is 1. The van der Waals surface area contributed by atoms with Gasteiger partial charge in [0.05, 0.1) is 33.0 Å². The molecule has 2 aromatic heterocycles. The maximum absolute atomic E-state index is 13.3. The van der Waals surface area contributed by atoms with Crippen molar-refractivity contribution in [1.82, 2.24) is 14.8 Å². The fourth-order valence-electron chi connectivity index (χ4n) is 3.91. The number of hydrogen-bond acceptors (Lipinski definition) is 6. The quantitative estimate of drug-likeness (QED) is 0.743. The first-order valence-electron chi connectivity index (χ1n) is 9.56. The first-order chi connectivity index (χ1) is 13.5. The molecule has 0 unspecified atom stereocenters. The van der Waals surface area contributed by atoms with Gasteiger partial charge in [0.25, 0.3) is 5.91 Å². The van der Waals surface area contributed by atoms with Gasteiger partial charge in [0.15, 0.2) is 0 Å². The summed E-state index contributed by atoms with van der Waals surface area (Å²) in [4.78, 5) is 34.5. The number of piperazine rings is 1. The van der Waals surface area contributed by atoms with E-state index in [1.165, 1.54) is 0 Å². The molecular weight excluding hydrogens is 374 g/mol. The minimum Gasteiger partial charge on any atom is -0.370 e. The molecule has 0 spiro atoms. The van der Waals surface area contributed by atoms with Gasteiger partial charge < -0.3 is 14.7 Å². The highest BCUT2D eigenvalue weighted by Crippen LogP contribution is 2.39. The van der Waals surface area contributed by atoms with Crippen LogP contribution in [0.15, 0.2) is 17.6 Å². The number of carbonyl (C=O) groups excluding carboxylic acids is 2. The van der Waals surface area contributed by atoms with Gasteiger partial charge in [-0.1, -0.05) is 0 Å². The number of pyridine rings is 1. The van der Waals surface area contributed by atoms with Crippen LogP contribution in [0.3, 0.4) is 0 Å². The van der Waals surface area contributed by atoms with Gasteiger partial charge in [0, 0.05) is 45.5 Å². The van der Waals surface area contributed by atoms with Gasteiger partial charge >= 0.3 is 0 Å². The van der Waals surface area contributed by atoms with Gasteiger partial charge in [0.2, 0.25) is 6.41 Å². The molecule has 2 fully saturated rings. The maximum Gasteiger partial charge on any atom is 0.257 e. The third-order valence-electron chi connectivity index (χ3n) is 5.88. The lowest BCUT2D eigenvalue weighted by molar-refractivity contribution is -0.119. The molecule has 2 aliphatic rings. The highest BCUT2D eigenvalue weighted by atomic mass is 32.1. The minimum absolute atomic E-state index is 0.0306. The maximum atomic E-state index is 13.3. The summed E-state index contributed by atoms with van der Waals surface area (Å²) in [6.45, 7) is 5.70. The third kappa shape index (κ3) is 3.31. The van der Waals surface area contributed by atoms with Gasteiger partial charge in [-0.25, -0.2) is 0 Å². The molecule has 2 aromatic rings. The Morgan fingerprint density at radius 3 is 2.61 bits per heavy atom. The van der Waals surface area contributed by atoms with Crippen molar-refractivity contribution >= 4 is 39.6 Å². The van der Waals surface area contributed by atoms with Crippen molar-refractivity contribution < 1.29 is 9.59 Å². The van der Waals surface area contributed by atoms with Crippen LogP contribution in [0.5, 0.6) is 0 Å². The fourth-order valence-corrected chi connectivity index (χ4v) is 4.83. The number of carbonyl (C=O) groups is 2. The molecule has 7 nitrogen and oxygen atoms in total. The van der Waals surface area contributed by atoms with Crippen molar-refractivity contribution in [3.05, 3.63) is 23.2 Å². The molecular formula is C20H23N5O2S. The molecule has 2 saturated heterocycles. The Hall–Kier alpha value is -2.66. The van der Waals surface area contributed by atoms with Crippen molar-refractivity contribution in [1.29, 1.82) is 5.26 Å². The van der Waals surface area contributed by atoms with Crippen LogP contribution in [0.2, 0.25) is 0 Å². The summed E-state index contributed by atoms with van der Waals surface area (Å²) in [7, 11) is 0. The number of hydrogen-bond donors (Lipinski definition) is 0. The van der Waals surface area contributed by atoms with E-state index >= 15 is 0 Å². The number of fused-ring (bicyclic) bond motifs is 1. The molecule has 4 heterocycles. The minimum atomic E-state index is -0.298. The van der Waals surface area contributed by atoms with E-state index in [4.69, 9.17) is 0 Å². The Bertz CT molecular complexity index is 934. The van der Waals surface area contributed by atoms with E-state index in [2.05, 4.69) is 16.0 Å². The van der Waals surface area contributed by atoms with Crippen LogP contribution >= 0.6 is 11.3 Å². The monoisotopic (exact) mass is 397 g/mol. The Morgan fingerprint density at radius 2 is 1.96 bits per heavy atom. The van der Waals surface area contributed by atoms with Crippen molar-refractivity contribution in [2.45, 2.75) is 19.8 Å². The first kappa shape index (κ1) is 18.7. The largest absolute Gasteiger partial charge is 0.370 e. The molecule has 0 saturated carbocycles. The Kier molecular flexibility index (Phi) is 4.94. The predicted octanol–water partition coefficient (Wildman–Crippen LogP) is 2.34. The normalized spacial score (nSPS) is 19.5. The molecule has 0 bridgehead atoms. The summed E-state index contributed by atoms with van der Waals surface area (Å²) in [6, 6.07) is 4.41. The standard InChI is InChI=1S/C20H23N5O2S/c1-20(13-21)3-5-24(6-4-20)17-15(12-22-16-2-11-28-18(16)17)19(27)25-9-7-23(14-26)8-10-25/h2,11-12,14H,3-10H2,1H3. The van der Waals surface area contributed by atoms with Crippen LogP contribution in [0.1, 0.15) is 30.1 Å². The van der Waals surface area contributed by atoms with Crippen LogP contribution in [0.4, 0.5) is 5.69 Å². The molecule has 146 valence electrons. The van der Waals surface area contributed by atoms with Crippen LogP contribution in [0.25, 0.3) is 10.2 Å². The summed E-state index contributed by atoms with van der Waals surface area (Å²) < 4.78 is 1.03. The number of nitrogens with zero attached hydrogens (tertiary/aromatic N) is 5. The Morgan fingerprint density at radius 1 is 1.25 bits per heavy atom. The van der Waals surface area contributed by atoms with Crippen molar-refractivity contribution in [3.8, 4) is 6.07 Å². The summed E-state index contributed by atoms with van der Waals surface area (Å²) in [5.41, 5.74) is 2.17. The molecule has 0 N–H and O–H groups in total. The highest BCUT2D eigenvalue weighted by Gasteiger charge is 2.33. The van der Waals surface area contributed by atoms with Gasteiger partial charge in [0.1, 0.15) is 0 Å². The predicted molar refractivity (Wildman–Crippen MR) is 108 cm³/mol. The topological polar surface area (TPSA) is 80.5 Å². The van der Waals surface area contributed by atoms with E-state index < -0.39 is 0 Å². The number of anilines is 1. The molecule has 0 radical (unpaired) electrons. The average Bonchev–Trinajstić information content (AvgIpc) is 3.22. The second kappa shape index (κ2) is 7.40. The van der Waals surface area contributed by atoms with E-state index in [1.54, 1.807) is 22.4 Å². The van der Waals surface area contributed by atoms with Crippen LogP contribution in [-0.4, -0.2) is 66.4 Å². The van der Waals surface area contributed by atoms with E-state index in [0.29, 0.717) is 31.7 Å². The molecule has 2 amide bonds. The van der Waals surface area contributed by atoms with Gasteiger partial charge in [-0.05, 0) is 31.2 Å². The molecule has 0 aliphatic carbocycles. The van der Waals surface area contributed by atoms with Gasteiger partial charge in [-0.2, -0.15) is 5.26 Å². The van der Waals surface area contributed by atoms with Crippen LogP contribution < -0.4 is 4.90 Å². The second-order valence-electron chi connectivity index (χ2n) is 7.75. The molecule has 0 aromatic carbocycles. The zero-order chi connectivity index (χ0) is 19.7. The van der Waals surface area contributed by atoms with E-state index in [9.17, 15) is 14.9 Å². The fraction of sp³-hybridized carbons (Fsp3) is 0.500. The lowest BCUT2D eigenvalue weighted by Crippen LogP contribution is -2.48. The summed E-state index contributed by atoms with van der Waals surface area (Å²) in [5, 5.41) is 11.4. The third-order valence-corrected chi connectivity index (χ3v) is 6.79. The molecule has 0 atom stereocenters. The Balaban J connectivity index is 1.66. The zero-order valence-electron chi connectivity index (χ0n) is 15.9. The SMILES string of the molecule is CC1(C#N)CCN(c2c(C(=O)N3CCN(C=O)CC3)cnc3ccsc23)CC1. The second-order valence-corrected chi connectivity index (χ2v) is 8.66. The molecule has 2 aliphatic heterocycles. The number of piperidine rings is 1. The molecule has 4 rings (SSSR count). The Labute approximate surface area is 168 Å². The number of rotatable bonds is 3. The van der Waals surface area contributed by atoms with Crippen molar-refractivity contribution in [3.63, 3.8) is 0 Å². The zero-order valence-corrected chi connectivity index (χ0v) is 16.7. The number of thiophene rings is 1. The molecule has 8 heteroatoms. The van der Waals surface area contributed by atoms with E-state index in [0.717, 1.165) is 48.2 Å². The van der Waals surface area contributed by atoms with Crippen molar-refractivity contribution in [2.75, 3.05) is 44.2 Å². The highest BCUT2D eigenvalue weighted by molar-refractivity contribution is 7.17. The van der Waals surface area contributed by atoms with Crippen LogP contribution in [-0.2, 0) is 4.79 Å². The van der Waals surface area contributed by atoms with E-state index in [1.807, 2.05) is 23.3 Å². The van der Waals surface area contributed by atoms with Crippen LogP contribution in [0, 0.1) is 16.7 Å². The number of amides is 2. The lowest BCUT2D eigenvalue weighted by atomic mass is 9.82. The van der Waals surface area contributed by atoms with Gasteiger partial charge in [-0.15, -0.1) is 11.3 Å². The smallest absolute Gasteiger partial charge is 0.257 e. The summed E-state index contributed by atoms with van der Waals surface area (Å²) in [5.74, 6) is -0.0306. The summed E-state index contributed by atoms with van der Waals surface area (Å²) in [6.07, 6.45) is 4.10. The lowest BCUT2D eigenvalue weighted by Gasteiger charge is -2.38.